The largest absolute Gasteiger partial charge is 0.480 e. The zero-order valence-electron chi connectivity index (χ0n) is 16.2. The number of carboxylic acids is 1. The number of carbonyl (C=O) groups is 3. The van der Waals surface area contributed by atoms with Gasteiger partial charge in [-0.2, -0.15) is 0 Å². The van der Waals surface area contributed by atoms with E-state index in [1.165, 1.54) is 4.90 Å². The SMILES string of the molecule is O=C1[C@@H]2[C@@H](C(=O)N1c1cccc(Br)c1)C1c3ccccc3C2(C(=O)O)c2ccccc21. The van der Waals surface area contributed by atoms with E-state index in [0.717, 1.165) is 15.6 Å². The van der Waals surface area contributed by atoms with Gasteiger partial charge in [-0.25, -0.2) is 4.90 Å². The van der Waals surface area contributed by atoms with Gasteiger partial charge in [0.1, 0.15) is 5.41 Å². The Bertz CT molecular complexity index is 1270. The maximum Gasteiger partial charge on any atom is 0.319 e. The van der Waals surface area contributed by atoms with E-state index in [-0.39, 0.29) is 11.8 Å². The number of hydrogen-bond acceptors (Lipinski definition) is 3. The zero-order valence-corrected chi connectivity index (χ0v) is 17.7. The van der Waals surface area contributed by atoms with E-state index in [4.69, 9.17) is 0 Å². The molecule has 2 bridgehead atoms. The molecule has 2 atom stereocenters. The van der Waals surface area contributed by atoms with Crippen LogP contribution in [0.4, 0.5) is 5.69 Å². The molecule has 1 heterocycles. The summed E-state index contributed by atoms with van der Waals surface area (Å²) < 4.78 is 0.739. The summed E-state index contributed by atoms with van der Waals surface area (Å²) in [6.07, 6.45) is 0. The minimum Gasteiger partial charge on any atom is -0.480 e. The second-order valence-corrected chi connectivity index (χ2v) is 9.18. The molecular weight excluding hydrogens is 458 g/mol. The molecule has 152 valence electrons. The summed E-state index contributed by atoms with van der Waals surface area (Å²) in [5.41, 5.74) is 1.73. The summed E-state index contributed by atoms with van der Waals surface area (Å²) in [7, 11) is 0. The van der Waals surface area contributed by atoms with Gasteiger partial charge in [0, 0.05) is 10.4 Å². The van der Waals surface area contributed by atoms with Crippen molar-refractivity contribution < 1.29 is 19.5 Å². The standard InChI is InChI=1S/C25H16BrNO4/c26-13-6-5-7-14(12-13)27-22(28)20-19-15-8-1-3-10-17(15)25(24(30)31,21(20)23(27)29)18-11-4-2-9-16(18)19/h1-12,19-21H,(H,30,31)/t19?,20-,21-,25?/m0/s1. The van der Waals surface area contributed by atoms with Crippen LogP contribution in [0.15, 0.2) is 77.3 Å². The Morgan fingerprint density at radius 2 is 1.48 bits per heavy atom. The lowest BCUT2D eigenvalue weighted by Crippen LogP contribution is -2.57. The molecule has 0 unspecified atom stereocenters. The summed E-state index contributed by atoms with van der Waals surface area (Å²) in [5, 5.41) is 10.7. The van der Waals surface area contributed by atoms with Crippen molar-refractivity contribution in [2.75, 3.05) is 4.90 Å². The number of carboxylic acid groups (broad SMARTS) is 1. The fourth-order valence-electron chi connectivity index (χ4n) is 6.00. The number of benzene rings is 3. The Morgan fingerprint density at radius 3 is 2.06 bits per heavy atom. The van der Waals surface area contributed by atoms with E-state index in [9.17, 15) is 19.5 Å². The number of rotatable bonds is 2. The van der Waals surface area contributed by atoms with Crippen LogP contribution in [-0.2, 0) is 19.8 Å². The maximum absolute atomic E-state index is 13.8. The fourth-order valence-corrected chi connectivity index (χ4v) is 6.39. The highest BCUT2D eigenvalue weighted by atomic mass is 79.9. The Labute approximate surface area is 186 Å². The van der Waals surface area contributed by atoms with Crippen molar-refractivity contribution in [2.24, 2.45) is 11.8 Å². The number of halogens is 1. The van der Waals surface area contributed by atoms with Crippen molar-refractivity contribution in [2.45, 2.75) is 11.3 Å². The molecule has 1 saturated heterocycles. The van der Waals surface area contributed by atoms with Gasteiger partial charge < -0.3 is 5.11 Å². The van der Waals surface area contributed by atoms with Crippen LogP contribution >= 0.6 is 15.9 Å². The van der Waals surface area contributed by atoms with Gasteiger partial charge >= 0.3 is 5.97 Å². The quantitative estimate of drug-likeness (QED) is 0.568. The maximum atomic E-state index is 13.8. The smallest absolute Gasteiger partial charge is 0.319 e. The van der Waals surface area contributed by atoms with Crippen molar-refractivity contribution >= 4 is 39.4 Å². The lowest BCUT2D eigenvalue weighted by molar-refractivity contribution is -0.149. The Hall–Kier alpha value is -3.25. The van der Waals surface area contributed by atoms with Crippen molar-refractivity contribution in [3.05, 3.63) is 99.5 Å². The number of aliphatic carboxylic acids is 1. The first kappa shape index (κ1) is 18.5. The van der Waals surface area contributed by atoms with Gasteiger partial charge in [0.2, 0.25) is 11.8 Å². The molecule has 4 aliphatic rings. The van der Waals surface area contributed by atoms with E-state index < -0.39 is 29.1 Å². The summed E-state index contributed by atoms with van der Waals surface area (Å²) in [6.45, 7) is 0. The van der Waals surface area contributed by atoms with Gasteiger partial charge in [-0.15, -0.1) is 0 Å². The minimum atomic E-state index is -1.60. The molecule has 3 aromatic carbocycles. The molecule has 2 amide bonds. The zero-order chi connectivity index (χ0) is 21.5. The molecule has 5 nitrogen and oxygen atoms in total. The third-order valence-electron chi connectivity index (χ3n) is 7.02. The highest BCUT2D eigenvalue weighted by Gasteiger charge is 2.71. The van der Waals surface area contributed by atoms with Crippen molar-refractivity contribution in [3.8, 4) is 0 Å². The molecule has 0 aromatic heterocycles. The van der Waals surface area contributed by atoms with Crippen LogP contribution < -0.4 is 4.90 Å². The topological polar surface area (TPSA) is 74.7 Å². The first-order valence-electron chi connectivity index (χ1n) is 10.0. The van der Waals surface area contributed by atoms with Crippen LogP contribution in [0.25, 0.3) is 0 Å². The third-order valence-corrected chi connectivity index (χ3v) is 7.52. The molecular formula is C25H16BrNO4. The lowest BCUT2D eigenvalue weighted by atomic mass is 9.47. The molecule has 1 fully saturated rings. The van der Waals surface area contributed by atoms with Gasteiger partial charge in [-0.1, -0.05) is 70.5 Å². The van der Waals surface area contributed by atoms with Gasteiger partial charge in [0.25, 0.3) is 0 Å². The summed E-state index contributed by atoms with van der Waals surface area (Å²) in [4.78, 5) is 41.8. The molecule has 0 spiro atoms. The van der Waals surface area contributed by atoms with Gasteiger partial charge in [0.15, 0.2) is 0 Å². The number of imide groups is 1. The Kier molecular flexibility index (Phi) is 3.67. The van der Waals surface area contributed by atoms with Crippen LogP contribution in [0, 0.1) is 11.8 Å². The average Bonchev–Trinajstić information content (AvgIpc) is 3.04. The lowest BCUT2D eigenvalue weighted by Gasteiger charge is -2.51. The van der Waals surface area contributed by atoms with E-state index >= 15 is 0 Å². The van der Waals surface area contributed by atoms with E-state index in [0.29, 0.717) is 16.8 Å². The number of hydrogen-bond donors (Lipinski definition) is 1. The number of carbonyl (C=O) groups excluding carboxylic acids is 2. The van der Waals surface area contributed by atoms with Gasteiger partial charge in [0.05, 0.1) is 17.5 Å². The van der Waals surface area contributed by atoms with Crippen molar-refractivity contribution in [1.82, 2.24) is 0 Å². The fraction of sp³-hybridized carbons (Fsp3) is 0.160. The molecule has 0 saturated carbocycles. The summed E-state index contributed by atoms with van der Waals surface area (Å²) >= 11 is 3.40. The second-order valence-electron chi connectivity index (χ2n) is 8.26. The number of anilines is 1. The molecule has 0 radical (unpaired) electrons. The van der Waals surface area contributed by atoms with Crippen molar-refractivity contribution in [3.63, 3.8) is 0 Å². The third kappa shape index (κ3) is 2.08. The van der Waals surface area contributed by atoms with Crippen LogP contribution in [-0.4, -0.2) is 22.9 Å². The molecule has 3 aliphatic carbocycles. The first-order chi connectivity index (χ1) is 15.0. The Balaban J connectivity index is 1.68. The van der Waals surface area contributed by atoms with E-state index in [1.807, 2.05) is 30.3 Å². The highest BCUT2D eigenvalue weighted by molar-refractivity contribution is 9.10. The normalized spacial score (nSPS) is 27.6. The second kappa shape index (κ2) is 6.14. The predicted octanol–water partition coefficient (Wildman–Crippen LogP) is 4.08. The van der Waals surface area contributed by atoms with Crippen LogP contribution in [0.3, 0.4) is 0 Å². The molecule has 3 aromatic rings. The molecule has 1 aliphatic heterocycles. The predicted molar refractivity (Wildman–Crippen MR) is 117 cm³/mol. The summed E-state index contributed by atoms with van der Waals surface area (Å²) in [6, 6.07) is 21.7. The van der Waals surface area contributed by atoms with Crippen LogP contribution in [0.2, 0.25) is 0 Å². The van der Waals surface area contributed by atoms with Gasteiger partial charge in [-0.3, -0.25) is 14.4 Å². The van der Waals surface area contributed by atoms with E-state index in [2.05, 4.69) is 15.9 Å². The first-order valence-corrected chi connectivity index (χ1v) is 10.8. The number of amides is 2. The van der Waals surface area contributed by atoms with Crippen LogP contribution in [0.5, 0.6) is 0 Å². The molecule has 6 heteroatoms. The monoisotopic (exact) mass is 473 g/mol. The van der Waals surface area contributed by atoms with Gasteiger partial charge in [-0.05, 0) is 40.5 Å². The van der Waals surface area contributed by atoms with Crippen LogP contribution in [0.1, 0.15) is 28.2 Å². The molecule has 31 heavy (non-hydrogen) atoms. The molecule has 1 N–H and O–H groups in total. The average molecular weight is 474 g/mol. The molecule has 7 rings (SSSR count). The minimum absolute atomic E-state index is 0.340. The van der Waals surface area contributed by atoms with E-state index in [1.54, 1.807) is 42.5 Å². The highest BCUT2D eigenvalue weighted by Crippen LogP contribution is 2.64. The summed E-state index contributed by atoms with van der Waals surface area (Å²) in [5.74, 6) is -4.00. The number of nitrogens with zero attached hydrogens (tertiary/aromatic N) is 1. The van der Waals surface area contributed by atoms with Crippen molar-refractivity contribution in [1.29, 1.82) is 0 Å². The Morgan fingerprint density at radius 1 is 0.871 bits per heavy atom.